The normalized spacial score (nSPS) is 19.7. The van der Waals surface area contributed by atoms with Crippen LogP contribution in [0, 0.1) is 5.92 Å². The average Bonchev–Trinajstić information content (AvgIpc) is 2.38. The number of sulfone groups is 1. The van der Waals surface area contributed by atoms with Crippen LogP contribution in [0.1, 0.15) is 43.7 Å². The van der Waals surface area contributed by atoms with Gasteiger partial charge in [0, 0.05) is 12.3 Å². The first-order valence-corrected chi connectivity index (χ1v) is 8.43. The molecule has 18 heavy (non-hydrogen) atoms. The van der Waals surface area contributed by atoms with Crippen LogP contribution < -0.4 is 5.73 Å². The monoisotopic (exact) mass is 267 g/mol. The molecule has 2 rings (SSSR count). The summed E-state index contributed by atoms with van der Waals surface area (Å²) in [6.07, 6.45) is 7.33. The third-order valence-electron chi connectivity index (χ3n) is 3.83. The molecule has 1 unspecified atom stereocenters. The van der Waals surface area contributed by atoms with Gasteiger partial charge in [-0.3, -0.25) is 0 Å². The Morgan fingerprint density at radius 2 is 1.89 bits per heavy atom. The standard InChI is InChI=1S/C14H21NO2S/c1-18(16,17)13-9-5-8-12(10-13)14(15)11-6-3-2-4-7-11/h5,8-11,14H,2-4,6-7,15H2,1H3. The second kappa shape index (κ2) is 5.41. The van der Waals surface area contributed by atoms with Crippen LogP contribution in [0.15, 0.2) is 29.2 Å². The third-order valence-corrected chi connectivity index (χ3v) is 4.94. The van der Waals surface area contributed by atoms with E-state index < -0.39 is 9.84 Å². The maximum absolute atomic E-state index is 11.5. The summed E-state index contributed by atoms with van der Waals surface area (Å²) in [7, 11) is -3.15. The van der Waals surface area contributed by atoms with Crippen LogP contribution in [0.5, 0.6) is 0 Å². The zero-order valence-corrected chi connectivity index (χ0v) is 11.6. The molecule has 0 bridgehead atoms. The lowest BCUT2D eigenvalue weighted by molar-refractivity contribution is 0.308. The Bertz CT molecular complexity index is 504. The van der Waals surface area contributed by atoms with Gasteiger partial charge in [0.1, 0.15) is 0 Å². The van der Waals surface area contributed by atoms with Gasteiger partial charge >= 0.3 is 0 Å². The Morgan fingerprint density at radius 1 is 1.22 bits per heavy atom. The van der Waals surface area contributed by atoms with Crippen molar-refractivity contribution in [1.29, 1.82) is 0 Å². The minimum atomic E-state index is -3.15. The van der Waals surface area contributed by atoms with Crippen LogP contribution in [0.25, 0.3) is 0 Å². The summed E-state index contributed by atoms with van der Waals surface area (Å²) >= 11 is 0. The summed E-state index contributed by atoms with van der Waals surface area (Å²) in [6.45, 7) is 0. The fourth-order valence-electron chi connectivity index (χ4n) is 2.72. The zero-order valence-electron chi connectivity index (χ0n) is 10.8. The molecule has 0 aliphatic heterocycles. The van der Waals surface area contributed by atoms with Gasteiger partial charge in [0.2, 0.25) is 0 Å². The molecule has 4 heteroatoms. The highest BCUT2D eigenvalue weighted by atomic mass is 32.2. The first-order valence-electron chi connectivity index (χ1n) is 6.54. The molecule has 1 aromatic rings. The molecule has 1 saturated carbocycles. The highest BCUT2D eigenvalue weighted by Gasteiger charge is 2.22. The van der Waals surface area contributed by atoms with Crippen LogP contribution in [-0.2, 0) is 9.84 Å². The van der Waals surface area contributed by atoms with Gasteiger partial charge in [-0.1, -0.05) is 31.4 Å². The molecule has 0 amide bonds. The molecule has 1 aromatic carbocycles. The van der Waals surface area contributed by atoms with Crippen molar-refractivity contribution in [2.75, 3.05) is 6.26 Å². The molecule has 3 nitrogen and oxygen atoms in total. The van der Waals surface area contributed by atoms with Crippen molar-refractivity contribution < 1.29 is 8.42 Å². The molecule has 0 radical (unpaired) electrons. The second-order valence-corrected chi connectivity index (χ2v) is 7.28. The van der Waals surface area contributed by atoms with E-state index in [1.54, 1.807) is 18.2 Å². The van der Waals surface area contributed by atoms with Crippen LogP contribution in [-0.4, -0.2) is 14.7 Å². The average molecular weight is 267 g/mol. The maximum Gasteiger partial charge on any atom is 0.175 e. The third kappa shape index (κ3) is 3.12. The van der Waals surface area contributed by atoms with E-state index in [9.17, 15) is 8.42 Å². The minimum Gasteiger partial charge on any atom is -0.324 e. The van der Waals surface area contributed by atoms with Crippen LogP contribution >= 0.6 is 0 Å². The highest BCUT2D eigenvalue weighted by Crippen LogP contribution is 2.33. The van der Waals surface area contributed by atoms with E-state index in [2.05, 4.69) is 0 Å². The lowest BCUT2D eigenvalue weighted by Gasteiger charge is -2.27. The molecule has 1 aliphatic rings. The van der Waals surface area contributed by atoms with E-state index in [1.165, 1.54) is 25.5 Å². The molecular formula is C14H21NO2S. The molecule has 100 valence electrons. The quantitative estimate of drug-likeness (QED) is 0.916. The zero-order chi connectivity index (χ0) is 13.2. The molecule has 2 N–H and O–H groups in total. The fourth-order valence-corrected chi connectivity index (χ4v) is 3.39. The van der Waals surface area contributed by atoms with E-state index >= 15 is 0 Å². The van der Waals surface area contributed by atoms with Crippen molar-refractivity contribution in [3.8, 4) is 0 Å². The molecule has 1 fully saturated rings. The van der Waals surface area contributed by atoms with Crippen LogP contribution in [0.3, 0.4) is 0 Å². The molecule has 1 aliphatic carbocycles. The summed E-state index contributed by atoms with van der Waals surface area (Å²) in [6, 6.07) is 7.05. The molecular weight excluding hydrogens is 246 g/mol. The first-order chi connectivity index (χ1) is 8.48. The lowest BCUT2D eigenvalue weighted by atomic mass is 9.81. The first kappa shape index (κ1) is 13.6. The Labute approximate surface area is 109 Å². The van der Waals surface area contributed by atoms with Gasteiger partial charge in [0.25, 0.3) is 0 Å². The van der Waals surface area contributed by atoms with E-state index in [0.29, 0.717) is 10.8 Å². The molecule has 1 atom stereocenters. The summed E-state index contributed by atoms with van der Waals surface area (Å²) in [5, 5.41) is 0. The van der Waals surface area contributed by atoms with Crippen molar-refractivity contribution in [3.63, 3.8) is 0 Å². The van der Waals surface area contributed by atoms with Crippen molar-refractivity contribution in [3.05, 3.63) is 29.8 Å². The van der Waals surface area contributed by atoms with Crippen LogP contribution in [0.2, 0.25) is 0 Å². The number of nitrogens with two attached hydrogens (primary N) is 1. The summed E-state index contributed by atoms with van der Waals surface area (Å²) < 4.78 is 23.1. The van der Waals surface area contributed by atoms with Crippen molar-refractivity contribution in [1.82, 2.24) is 0 Å². The van der Waals surface area contributed by atoms with Gasteiger partial charge in [0.15, 0.2) is 9.84 Å². The SMILES string of the molecule is CS(=O)(=O)c1cccc(C(N)C2CCCCC2)c1. The van der Waals surface area contributed by atoms with Gasteiger partial charge in [-0.15, -0.1) is 0 Å². The Balaban J connectivity index is 2.22. The summed E-state index contributed by atoms with van der Waals surface area (Å²) in [5.41, 5.74) is 7.24. The summed E-state index contributed by atoms with van der Waals surface area (Å²) in [5.74, 6) is 0.494. The highest BCUT2D eigenvalue weighted by molar-refractivity contribution is 7.90. The second-order valence-electron chi connectivity index (χ2n) is 5.27. The Hall–Kier alpha value is -0.870. The van der Waals surface area contributed by atoms with Crippen molar-refractivity contribution >= 4 is 9.84 Å². The molecule has 0 spiro atoms. The Morgan fingerprint density at radius 3 is 2.50 bits per heavy atom. The van der Waals surface area contributed by atoms with E-state index in [0.717, 1.165) is 18.4 Å². The van der Waals surface area contributed by atoms with Gasteiger partial charge in [-0.05, 0) is 36.5 Å². The maximum atomic E-state index is 11.5. The number of benzene rings is 1. The van der Waals surface area contributed by atoms with Gasteiger partial charge in [0.05, 0.1) is 4.90 Å². The van der Waals surface area contributed by atoms with Gasteiger partial charge in [-0.2, -0.15) is 0 Å². The van der Waals surface area contributed by atoms with Crippen LogP contribution in [0.4, 0.5) is 0 Å². The fraction of sp³-hybridized carbons (Fsp3) is 0.571. The predicted octanol–water partition coefficient (Wildman–Crippen LogP) is 2.67. The molecule has 0 heterocycles. The largest absolute Gasteiger partial charge is 0.324 e. The topological polar surface area (TPSA) is 60.2 Å². The number of rotatable bonds is 3. The number of hydrogen-bond acceptors (Lipinski definition) is 3. The van der Waals surface area contributed by atoms with E-state index in [-0.39, 0.29) is 6.04 Å². The van der Waals surface area contributed by atoms with Crippen molar-refractivity contribution in [2.24, 2.45) is 11.7 Å². The van der Waals surface area contributed by atoms with Crippen molar-refractivity contribution in [2.45, 2.75) is 43.0 Å². The van der Waals surface area contributed by atoms with E-state index in [4.69, 9.17) is 5.73 Å². The van der Waals surface area contributed by atoms with Gasteiger partial charge in [-0.25, -0.2) is 8.42 Å². The number of hydrogen-bond donors (Lipinski definition) is 1. The summed E-state index contributed by atoms with van der Waals surface area (Å²) in [4.78, 5) is 0.367. The Kier molecular flexibility index (Phi) is 4.07. The predicted molar refractivity (Wildman–Crippen MR) is 73.1 cm³/mol. The molecule has 0 aromatic heterocycles. The van der Waals surface area contributed by atoms with Gasteiger partial charge < -0.3 is 5.73 Å². The smallest absolute Gasteiger partial charge is 0.175 e. The lowest BCUT2D eigenvalue weighted by Crippen LogP contribution is -2.23. The molecule has 0 saturated heterocycles. The minimum absolute atomic E-state index is 0.0352. The van der Waals surface area contributed by atoms with E-state index in [1.807, 2.05) is 6.07 Å².